The minimum atomic E-state index is -3.84. The lowest BCUT2D eigenvalue weighted by Gasteiger charge is -2.07. The summed E-state index contributed by atoms with van der Waals surface area (Å²) >= 11 is 0. The van der Waals surface area contributed by atoms with E-state index in [0.717, 1.165) is 18.9 Å². The summed E-state index contributed by atoms with van der Waals surface area (Å²) in [6, 6.07) is 8.80. The summed E-state index contributed by atoms with van der Waals surface area (Å²) in [5.74, 6) is -0.498. The van der Waals surface area contributed by atoms with Gasteiger partial charge in [0.05, 0.1) is 5.69 Å². The van der Waals surface area contributed by atoms with Crippen LogP contribution in [0.1, 0.15) is 19.8 Å². The van der Waals surface area contributed by atoms with Gasteiger partial charge in [-0.15, -0.1) is 0 Å². The van der Waals surface area contributed by atoms with Crippen molar-refractivity contribution in [1.82, 2.24) is 9.55 Å². The Bertz CT molecular complexity index is 967. The van der Waals surface area contributed by atoms with Crippen molar-refractivity contribution in [3.63, 3.8) is 0 Å². The van der Waals surface area contributed by atoms with Crippen LogP contribution in [0.2, 0.25) is 0 Å². The van der Waals surface area contributed by atoms with Gasteiger partial charge in [-0.05, 0) is 36.8 Å². The molecule has 0 aliphatic carbocycles. The van der Waals surface area contributed by atoms with Crippen molar-refractivity contribution in [2.45, 2.75) is 31.2 Å². The zero-order chi connectivity index (χ0) is 17.2. The summed E-state index contributed by atoms with van der Waals surface area (Å²) in [6.45, 7) is 2.77. The normalized spacial score (nSPS) is 11.8. The van der Waals surface area contributed by atoms with Crippen LogP contribution in [0, 0.1) is 5.82 Å². The molecular weight excluding hydrogens is 329 g/mol. The molecule has 0 spiro atoms. The average Bonchev–Trinajstić information content (AvgIpc) is 2.92. The van der Waals surface area contributed by atoms with Gasteiger partial charge in [-0.2, -0.15) is 0 Å². The molecule has 2 aromatic heterocycles. The standard InChI is InChI=1S/C17H18FN3O2S/c1-2-3-10-21-12-16(15-8-5-9-19-17(15)21)24(22,23)20-14-7-4-6-13(18)11-14/h4-9,11-12,20H,2-3,10H2,1H3. The molecule has 0 bridgehead atoms. The molecule has 3 aromatic rings. The first-order chi connectivity index (χ1) is 11.5. The molecule has 0 radical (unpaired) electrons. The van der Waals surface area contributed by atoms with E-state index in [9.17, 15) is 12.8 Å². The number of hydrogen-bond acceptors (Lipinski definition) is 3. The second-order valence-electron chi connectivity index (χ2n) is 5.53. The quantitative estimate of drug-likeness (QED) is 0.738. The molecule has 1 aromatic carbocycles. The first-order valence-electron chi connectivity index (χ1n) is 7.73. The van der Waals surface area contributed by atoms with Crippen molar-refractivity contribution in [3.05, 3.63) is 54.6 Å². The Labute approximate surface area is 140 Å². The molecule has 0 atom stereocenters. The predicted octanol–water partition coefficient (Wildman–Crippen LogP) is 3.78. The maximum absolute atomic E-state index is 13.3. The van der Waals surface area contributed by atoms with E-state index < -0.39 is 15.8 Å². The Morgan fingerprint density at radius 1 is 1.25 bits per heavy atom. The molecule has 126 valence electrons. The first-order valence-corrected chi connectivity index (χ1v) is 9.22. The molecule has 0 saturated heterocycles. The van der Waals surface area contributed by atoms with E-state index in [2.05, 4.69) is 16.6 Å². The Morgan fingerprint density at radius 3 is 2.83 bits per heavy atom. The smallest absolute Gasteiger partial charge is 0.264 e. The third kappa shape index (κ3) is 3.26. The van der Waals surface area contributed by atoms with Gasteiger partial charge in [-0.1, -0.05) is 19.4 Å². The molecule has 24 heavy (non-hydrogen) atoms. The van der Waals surface area contributed by atoms with Gasteiger partial charge in [0.1, 0.15) is 16.4 Å². The largest absolute Gasteiger partial charge is 0.331 e. The van der Waals surface area contributed by atoms with E-state index in [4.69, 9.17) is 0 Å². The van der Waals surface area contributed by atoms with Crippen LogP contribution >= 0.6 is 0 Å². The molecule has 0 saturated carbocycles. The lowest BCUT2D eigenvalue weighted by molar-refractivity contribution is 0.600. The van der Waals surface area contributed by atoms with Crippen LogP contribution in [0.25, 0.3) is 11.0 Å². The molecule has 3 rings (SSSR count). The third-order valence-electron chi connectivity index (χ3n) is 3.72. The average molecular weight is 347 g/mol. The first kappa shape index (κ1) is 16.4. The van der Waals surface area contributed by atoms with Gasteiger partial charge in [-0.25, -0.2) is 17.8 Å². The summed E-state index contributed by atoms with van der Waals surface area (Å²) < 4.78 is 43.0. The summed E-state index contributed by atoms with van der Waals surface area (Å²) in [5.41, 5.74) is 0.818. The number of anilines is 1. The number of rotatable bonds is 6. The summed E-state index contributed by atoms with van der Waals surface area (Å²) in [4.78, 5) is 4.44. The van der Waals surface area contributed by atoms with Crippen LogP contribution in [-0.4, -0.2) is 18.0 Å². The number of aromatic nitrogens is 2. The molecule has 0 unspecified atom stereocenters. The highest BCUT2D eigenvalue weighted by Crippen LogP contribution is 2.26. The number of sulfonamides is 1. The number of unbranched alkanes of at least 4 members (excludes halogenated alkanes) is 1. The predicted molar refractivity (Wildman–Crippen MR) is 91.8 cm³/mol. The van der Waals surface area contributed by atoms with E-state index in [1.165, 1.54) is 18.2 Å². The van der Waals surface area contributed by atoms with E-state index in [1.807, 2.05) is 4.57 Å². The molecule has 0 amide bonds. The van der Waals surface area contributed by atoms with Gasteiger partial charge < -0.3 is 4.57 Å². The molecule has 2 heterocycles. The van der Waals surface area contributed by atoms with Crippen molar-refractivity contribution in [2.75, 3.05) is 4.72 Å². The molecule has 1 N–H and O–H groups in total. The van der Waals surface area contributed by atoms with E-state index in [1.54, 1.807) is 24.5 Å². The molecule has 0 aliphatic rings. The second-order valence-corrected chi connectivity index (χ2v) is 7.18. The highest BCUT2D eigenvalue weighted by molar-refractivity contribution is 7.93. The van der Waals surface area contributed by atoms with Crippen LogP contribution in [0.4, 0.5) is 10.1 Å². The Hall–Kier alpha value is -2.41. The topological polar surface area (TPSA) is 64.0 Å². The number of benzene rings is 1. The fourth-order valence-electron chi connectivity index (χ4n) is 2.57. The highest BCUT2D eigenvalue weighted by Gasteiger charge is 2.21. The summed E-state index contributed by atoms with van der Waals surface area (Å²) in [7, 11) is -3.84. The van der Waals surface area contributed by atoms with Crippen molar-refractivity contribution < 1.29 is 12.8 Å². The maximum atomic E-state index is 13.3. The molecule has 5 nitrogen and oxygen atoms in total. The number of hydrogen-bond donors (Lipinski definition) is 1. The SMILES string of the molecule is CCCCn1cc(S(=O)(=O)Nc2cccc(F)c2)c2cccnc21. The monoisotopic (exact) mass is 347 g/mol. The molecular formula is C17H18FN3O2S. The second kappa shape index (κ2) is 6.60. The zero-order valence-electron chi connectivity index (χ0n) is 13.2. The molecule has 0 aliphatic heterocycles. The van der Waals surface area contributed by atoms with Crippen molar-refractivity contribution in [3.8, 4) is 0 Å². The third-order valence-corrected chi connectivity index (χ3v) is 5.12. The van der Waals surface area contributed by atoms with Gasteiger partial charge in [-0.3, -0.25) is 4.72 Å². The van der Waals surface area contributed by atoms with Gasteiger partial charge in [0.15, 0.2) is 0 Å². The summed E-state index contributed by atoms with van der Waals surface area (Å²) in [6.07, 6.45) is 5.16. The summed E-state index contributed by atoms with van der Waals surface area (Å²) in [5, 5.41) is 0.553. The van der Waals surface area contributed by atoms with Crippen molar-refractivity contribution in [2.24, 2.45) is 0 Å². The van der Waals surface area contributed by atoms with Gasteiger partial charge in [0, 0.05) is 24.3 Å². The minimum Gasteiger partial charge on any atom is -0.331 e. The lowest BCUT2D eigenvalue weighted by atomic mass is 10.3. The number of nitrogens with zero attached hydrogens (tertiary/aromatic N) is 2. The van der Waals surface area contributed by atoms with E-state index in [0.29, 0.717) is 17.6 Å². The fourth-order valence-corrected chi connectivity index (χ4v) is 3.83. The highest BCUT2D eigenvalue weighted by atomic mass is 32.2. The number of halogens is 1. The van der Waals surface area contributed by atoms with Crippen molar-refractivity contribution >= 4 is 26.7 Å². The van der Waals surface area contributed by atoms with Gasteiger partial charge in [0.2, 0.25) is 0 Å². The van der Waals surface area contributed by atoms with Crippen LogP contribution in [0.15, 0.2) is 53.7 Å². The number of pyridine rings is 1. The van der Waals surface area contributed by atoms with E-state index >= 15 is 0 Å². The van der Waals surface area contributed by atoms with Crippen molar-refractivity contribution in [1.29, 1.82) is 0 Å². The van der Waals surface area contributed by atoms with Crippen LogP contribution < -0.4 is 4.72 Å². The van der Waals surface area contributed by atoms with Gasteiger partial charge in [0.25, 0.3) is 10.0 Å². The Kier molecular flexibility index (Phi) is 4.53. The zero-order valence-corrected chi connectivity index (χ0v) is 14.1. The number of aryl methyl sites for hydroxylation is 1. The Morgan fingerprint density at radius 2 is 2.08 bits per heavy atom. The fraction of sp³-hybridized carbons (Fsp3) is 0.235. The Balaban J connectivity index is 2.04. The molecule has 0 fully saturated rings. The number of fused-ring (bicyclic) bond motifs is 1. The number of nitrogens with one attached hydrogen (secondary N) is 1. The van der Waals surface area contributed by atoms with Crippen LogP contribution in [0.5, 0.6) is 0 Å². The van der Waals surface area contributed by atoms with Crippen LogP contribution in [0.3, 0.4) is 0 Å². The van der Waals surface area contributed by atoms with Crippen LogP contribution in [-0.2, 0) is 16.6 Å². The minimum absolute atomic E-state index is 0.144. The van der Waals surface area contributed by atoms with Gasteiger partial charge >= 0.3 is 0 Å². The lowest BCUT2D eigenvalue weighted by Crippen LogP contribution is -2.12. The maximum Gasteiger partial charge on any atom is 0.264 e. The van der Waals surface area contributed by atoms with E-state index in [-0.39, 0.29) is 10.6 Å². The molecule has 7 heteroatoms.